The molecule has 0 radical (unpaired) electrons. The molecule has 0 aliphatic heterocycles. The summed E-state index contributed by atoms with van der Waals surface area (Å²) >= 11 is 4.66. The maximum Gasteiger partial charge on any atom is 0.184 e. The number of hydrogen-bond acceptors (Lipinski definition) is 3. The lowest BCUT2D eigenvalue weighted by atomic mass is 10.1. The normalized spacial score (nSPS) is 10.7. The van der Waals surface area contributed by atoms with Crippen molar-refractivity contribution in [3.8, 4) is 5.75 Å². The number of unbranched alkanes of at least 4 members (excludes halogenated alkanes) is 5. The van der Waals surface area contributed by atoms with Crippen LogP contribution in [0.5, 0.6) is 5.75 Å². The van der Waals surface area contributed by atoms with Gasteiger partial charge in [0, 0.05) is 0 Å². The SMILES string of the molecule is CCCCCCCCOc1ccc(C=NNC(N)=S)cc1. The molecule has 0 bridgehead atoms. The van der Waals surface area contributed by atoms with Crippen LogP contribution in [0.25, 0.3) is 0 Å². The molecule has 0 amide bonds. The van der Waals surface area contributed by atoms with Crippen LogP contribution in [-0.2, 0) is 0 Å². The monoisotopic (exact) mass is 307 g/mol. The lowest BCUT2D eigenvalue weighted by Crippen LogP contribution is -2.23. The van der Waals surface area contributed by atoms with E-state index in [0.717, 1.165) is 24.3 Å². The highest BCUT2D eigenvalue weighted by molar-refractivity contribution is 7.80. The number of hydrogen-bond donors (Lipinski definition) is 2. The fourth-order valence-electron chi connectivity index (χ4n) is 1.89. The van der Waals surface area contributed by atoms with Gasteiger partial charge in [0.25, 0.3) is 0 Å². The molecule has 1 aromatic carbocycles. The van der Waals surface area contributed by atoms with E-state index in [4.69, 9.17) is 10.5 Å². The first-order chi connectivity index (χ1) is 10.2. The number of hydrazone groups is 1. The van der Waals surface area contributed by atoms with Gasteiger partial charge in [-0.05, 0) is 48.5 Å². The van der Waals surface area contributed by atoms with Gasteiger partial charge in [-0.25, -0.2) is 0 Å². The summed E-state index contributed by atoms with van der Waals surface area (Å²) in [6.45, 7) is 3.01. The third-order valence-corrected chi connectivity index (χ3v) is 3.13. The van der Waals surface area contributed by atoms with Gasteiger partial charge in [-0.3, -0.25) is 5.43 Å². The van der Waals surface area contributed by atoms with Crippen LogP contribution in [0.3, 0.4) is 0 Å². The quantitative estimate of drug-likeness (QED) is 0.300. The Morgan fingerprint density at radius 2 is 1.86 bits per heavy atom. The molecule has 21 heavy (non-hydrogen) atoms. The lowest BCUT2D eigenvalue weighted by Gasteiger charge is -2.06. The summed E-state index contributed by atoms with van der Waals surface area (Å²) in [6, 6.07) is 7.78. The van der Waals surface area contributed by atoms with E-state index in [2.05, 4.69) is 29.7 Å². The van der Waals surface area contributed by atoms with Gasteiger partial charge < -0.3 is 10.5 Å². The van der Waals surface area contributed by atoms with Gasteiger partial charge in [0.15, 0.2) is 5.11 Å². The molecule has 1 aromatic rings. The van der Waals surface area contributed by atoms with Crippen LogP contribution in [0.1, 0.15) is 51.0 Å². The van der Waals surface area contributed by atoms with Gasteiger partial charge in [0.05, 0.1) is 12.8 Å². The summed E-state index contributed by atoms with van der Waals surface area (Å²) in [7, 11) is 0. The molecule has 0 atom stereocenters. The Morgan fingerprint density at radius 1 is 1.19 bits per heavy atom. The highest BCUT2D eigenvalue weighted by Gasteiger charge is 1.95. The summed E-state index contributed by atoms with van der Waals surface area (Å²) in [6.07, 6.45) is 9.30. The van der Waals surface area contributed by atoms with Crippen LogP contribution in [0.15, 0.2) is 29.4 Å². The molecule has 0 spiro atoms. The van der Waals surface area contributed by atoms with Crippen molar-refractivity contribution in [2.24, 2.45) is 10.8 Å². The smallest absolute Gasteiger partial charge is 0.184 e. The summed E-state index contributed by atoms with van der Waals surface area (Å²) < 4.78 is 5.71. The Bertz CT molecular complexity index is 432. The van der Waals surface area contributed by atoms with E-state index in [1.165, 1.54) is 32.1 Å². The zero-order valence-electron chi connectivity index (χ0n) is 12.7. The number of nitrogens with one attached hydrogen (secondary N) is 1. The molecule has 3 N–H and O–H groups in total. The fraction of sp³-hybridized carbons (Fsp3) is 0.500. The molecular formula is C16H25N3OS. The molecule has 4 nitrogen and oxygen atoms in total. The summed E-state index contributed by atoms with van der Waals surface area (Å²) in [5.74, 6) is 0.892. The Morgan fingerprint density at radius 3 is 2.52 bits per heavy atom. The Balaban J connectivity index is 2.19. The van der Waals surface area contributed by atoms with E-state index in [9.17, 15) is 0 Å². The maximum absolute atomic E-state index is 5.71. The molecular weight excluding hydrogens is 282 g/mol. The number of nitrogens with two attached hydrogens (primary N) is 1. The van der Waals surface area contributed by atoms with Crippen LogP contribution in [0.4, 0.5) is 0 Å². The van der Waals surface area contributed by atoms with Crippen molar-refractivity contribution in [3.05, 3.63) is 29.8 Å². The minimum Gasteiger partial charge on any atom is -0.494 e. The van der Waals surface area contributed by atoms with E-state index in [1.807, 2.05) is 24.3 Å². The van der Waals surface area contributed by atoms with Crippen LogP contribution >= 0.6 is 12.2 Å². The van der Waals surface area contributed by atoms with Gasteiger partial charge in [-0.2, -0.15) is 5.10 Å². The molecule has 0 saturated carbocycles. The van der Waals surface area contributed by atoms with Crippen molar-refractivity contribution < 1.29 is 4.74 Å². The number of benzene rings is 1. The first-order valence-electron chi connectivity index (χ1n) is 7.53. The fourth-order valence-corrected chi connectivity index (χ4v) is 1.95. The predicted molar refractivity (Wildman–Crippen MR) is 92.8 cm³/mol. The third-order valence-electron chi connectivity index (χ3n) is 3.04. The van der Waals surface area contributed by atoms with Gasteiger partial charge in [0.2, 0.25) is 0 Å². The second-order valence-corrected chi connectivity index (χ2v) is 5.36. The Kier molecular flexibility index (Phi) is 9.20. The zero-order valence-corrected chi connectivity index (χ0v) is 13.5. The van der Waals surface area contributed by atoms with E-state index < -0.39 is 0 Å². The van der Waals surface area contributed by atoms with Crippen molar-refractivity contribution in [3.63, 3.8) is 0 Å². The molecule has 5 heteroatoms. The van der Waals surface area contributed by atoms with E-state index in [0.29, 0.717) is 0 Å². The standard InChI is InChI=1S/C16H25N3OS/c1-2-3-4-5-6-7-12-20-15-10-8-14(9-11-15)13-18-19-16(17)21/h8-11,13H,2-7,12H2,1H3,(H3,17,19,21). The molecule has 0 fully saturated rings. The van der Waals surface area contributed by atoms with Crippen LogP contribution in [-0.4, -0.2) is 17.9 Å². The second-order valence-electron chi connectivity index (χ2n) is 4.92. The van der Waals surface area contributed by atoms with Crippen molar-refractivity contribution >= 4 is 23.5 Å². The Hall–Kier alpha value is -1.62. The molecule has 1 rings (SSSR count). The molecule has 0 heterocycles. The molecule has 0 aliphatic rings. The molecule has 116 valence electrons. The maximum atomic E-state index is 5.71. The van der Waals surface area contributed by atoms with E-state index in [-0.39, 0.29) is 5.11 Å². The average Bonchev–Trinajstić information content (AvgIpc) is 2.47. The van der Waals surface area contributed by atoms with Crippen molar-refractivity contribution in [1.82, 2.24) is 5.43 Å². The molecule has 0 aromatic heterocycles. The van der Waals surface area contributed by atoms with Crippen LogP contribution in [0.2, 0.25) is 0 Å². The number of thiocarbonyl (C=S) groups is 1. The molecule has 0 unspecified atom stereocenters. The minimum atomic E-state index is 0.158. The average molecular weight is 307 g/mol. The van der Waals surface area contributed by atoms with Crippen LogP contribution < -0.4 is 15.9 Å². The van der Waals surface area contributed by atoms with E-state index in [1.54, 1.807) is 6.21 Å². The minimum absolute atomic E-state index is 0.158. The van der Waals surface area contributed by atoms with Gasteiger partial charge in [-0.1, -0.05) is 39.0 Å². The third kappa shape index (κ3) is 9.02. The number of nitrogens with zero attached hydrogens (tertiary/aromatic N) is 1. The van der Waals surface area contributed by atoms with Crippen molar-refractivity contribution in [1.29, 1.82) is 0 Å². The number of rotatable bonds is 10. The zero-order chi connectivity index (χ0) is 15.3. The topological polar surface area (TPSA) is 59.6 Å². The molecule has 0 saturated heterocycles. The van der Waals surface area contributed by atoms with E-state index >= 15 is 0 Å². The van der Waals surface area contributed by atoms with Gasteiger partial charge in [0.1, 0.15) is 5.75 Å². The Labute approximate surface area is 132 Å². The van der Waals surface area contributed by atoms with Gasteiger partial charge in [-0.15, -0.1) is 0 Å². The van der Waals surface area contributed by atoms with Crippen molar-refractivity contribution in [2.75, 3.05) is 6.61 Å². The first kappa shape index (κ1) is 17.4. The van der Waals surface area contributed by atoms with Crippen molar-refractivity contribution in [2.45, 2.75) is 45.4 Å². The number of ether oxygens (including phenoxy) is 1. The summed E-state index contributed by atoms with van der Waals surface area (Å²) in [4.78, 5) is 0. The predicted octanol–water partition coefficient (Wildman–Crippen LogP) is 3.59. The first-order valence-corrected chi connectivity index (χ1v) is 7.94. The highest BCUT2D eigenvalue weighted by Crippen LogP contribution is 2.12. The van der Waals surface area contributed by atoms with Gasteiger partial charge >= 0.3 is 0 Å². The highest BCUT2D eigenvalue weighted by atomic mass is 32.1. The largest absolute Gasteiger partial charge is 0.494 e. The lowest BCUT2D eigenvalue weighted by molar-refractivity contribution is 0.304. The van der Waals surface area contributed by atoms with Crippen LogP contribution in [0, 0.1) is 0 Å². The molecule has 0 aliphatic carbocycles. The second kappa shape index (κ2) is 11.1. The summed E-state index contributed by atoms with van der Waals surface area (Å²) in [5, 5.41) is 4.06. The summed E-state index contributed by atoms with van der Waals surface area (Å²) in [5.41, 5.74) is 8.76.